The molecule has 5 aromatic rings. The minimum atomic E-state index is -0.760. The second-order valence-electron chi connectivity index (χ2n) is 13.0. The van der Waals surface area contributed by atoms with Gasteiger partial charge in [-0.05, 0) is 63.9 Å². The van der Waals surface area contributed by atoms with Crippen LogP contribution in [0, 0.1) is 23.0 Å². The number of carbonyl (C=O) groups excluding carboxylic acids is 1. The van der Waals surface area contributed by atoms with Crippen LogP contribution in [0.25, 0.3) is 32.1 Å². The fourth-order valence-electron chi connectivity index (χ4n) is 7.71. The summed E-state index contributed by atoms with van der Waals surface area (Å²) in [5, 5.41) is 14.6. The van der Waals surface area contributed by atoms with Gasteiger partial charge in [0, 0.05) is 42.0 Å². The first-order valence-corrected chi connectivity index (χ1v) is 17.2. The lowest BCUT2D eigenvalue weighted by Gasteiger charge is -2.50. The van der Waals surface area contributed by atoms with Crippen LogP contribution in [0.3, 0.4) is 0 Å². The fourth-order valence-corrected chi connectivity index (χ4v) is 8.96. The average molecular weight is 705 g/mol. The van der Waals surface area contributed by atoms with Gasteiger partial charge in [0.05, 0.1) is 20.8 Å². The minimum absolute atomic E-state index is 0.00863. The summed E-state index contributed by atoms with van der Waals surface area (Å²) in [5.74, 6) is -0.905. The van der Waals surface area contributed by atoms with Gasteiger partial charge in [0.15, 0.2) is 5.82 Å². The average Bonchev–Trinajstić information content (AvgIpc) is 3.88. The number of hydrogen-bond acceptors (Lipinski definition) is 11. The van der Waals surface area contributed by atoms with Crippen LogP contribution < -0.4 is 15.4 Å². The number of fused-ring (bicyclic) bond motifs is 2. The first kappa shape index (κ1) is 31.6. The Bertz CT molecular complexity index is 2190. The molecule has 3 aliphatic rings. The SMILES string of the molecule is C[C@H](Oc1nc(N2CC[C@@]3(CCN3C(=O)n3cncn3)C2)c2cc(Cl)c(-c3ccc(F)c4sc(N)c(C#N)c34)c(F)c2n1)[C@@H]1CCCN1C. The van der Waals surface area contributed by atoms with Crippen LogP contribution in [0.4, 0.5) is 24.4 Å². The van der Waals surface area contributed by atoms with Crippen molar-refractivity contribution in [2.45, 2.75) is 50.3 Å². The van der Waals surface area contributed by atoms with Crippen molar-refractivity contribution in [2.24, 2.45) is 0 Å². The molecule has 3 saturated heterocycles. The molecule has 3 aromatic heterocycles. The number of carbonyl (C=O) groups is 1. The molecule has 16 heteroatoms. The van der Waals surface area contributed by atoms with E-state index >= 15 is 4.39 Å². The van der Waals surface area contributed by atoms with Gasteiger partial charge in [-0.1, -0.05) is 17.7 Å². The smallest absolute Gasteiger partial charge is 0.346 e. The summed E-state index contributed by atoms with van der Waals surface area (Å²) in [6.07, 6.45) is 5.85. The number of aromatic nitrogens is 5. The number of nitrogens with two attached hydrogens (primary N) is 1. The fraction of sp³-hybridized carbons (Fsp3) is 0.394. The van der Waals surface area contributed by atoms with Crippen LogP contribution in [0.15, 0.2) is 30.9 Å². The van der Waals surface area contributed by atoms with E-state index in [4.69, 9.17) is 27.1 Å². The highest BCUT2D eigenvalue weighted by Gasteiger charge is 2.52. The van der Waals surface area contributed by atoms with Crippen LogP contribution in [0.1, 0.15) is 38.2 Å². The van der Waals surface area contributed by atoms with Crippen molar-refractivity contribution in [3.63, 3.8) is 0 Å². The summed E-state index contributed by atoms with van der Waals surface area (Å²) < 4.78 is 39.7. The van der Waals surface area contributed by atoms with Crippen molar-refractivity contribution in [2.75, 3.05) is 43.9 Å². The summed E-state index contributed by atoms with van der Waals surface area (Å²) in [6.45, 7) is 4.45. The highest BCUT2D eigenvalue weighted by molar-refractivity contribution is 7.23. The summed E-state index contributed by atoms with van der Waals surface area (Å²) in [5.41, 5.74) is 5.84. The Morgan fingerprint density at radius 2 is 2.06 bits per heavy atom. The van der Waals surface area contributed by atoms with Crippen molar-refractivity contribution in [3.8, 4) is 23.2 Å². The molecule has 3 aliphatic heterocycles. The molecule has 0 unspecified atom stereocenters. The lowest BCUT2D eigenvalue weighted by Crippen LogP contribution is -2.64. The number of rotatable bonds is 5. The molecular weight excluding hydrogens is 674 g/mol. The predicted octanol–water partition coefficient (Wildman–Crippen LogP) is 5.67. The van der Waals surface area contributed by atoms with Gasteiger partial charge in [-0.2, -0.15) is 25.0 Å². The maximum atomic E-state index is 17.1. The summed E-state index contributed by atoms with van der Waals surface area (Å²) in [6, 6.07) is 6.14. The van der Waals surface area contributed by atoms with Crippen molar-refractivity contribution >= 4 is 60.8 Å². The number of benzene rings is 2. The van der Waals surface area contributed by atoms with Gasteiger partial charge in [0.25, 0.3) is 0 Å². The monoisotopic (exact) mass is 704 g/mol. The zero-order valence-corrected chi connectivity index (χ0v) is 28.2. The molecule has 49 heavy (non-hydrogen) atoms. The van der Waals surface area contributed by atoms with E-state index in [0.717, 1.165) is 37.1 Å². The molecule has 0 aliphatic carbocycles. The van der Waals surface area contributed by atoms with E-state index in [0.29, 0.717) is 37.3 Å². The molecule has 3 fully saturated rings. The molecule has 252 valence electrons. The number of nitriles is 1. The Kier molecular flexibility index (Phi) is 7.58. The molecule has 1 amide bonds. The molecule has 0 radical (unpaired) electrons. The van der Waals surface area contributed by atoms with Crippen LogP contribution in [0.2, 0.25) is 5.02 Å². The summed E-state index contributed by atoms with van der Waals surface area (Å²) in [7, 11) is 2.04. The molecule has 0 saturated carbocycles. The molecule has 12 nitrogen and oxygen atoms in total. The van der Waals surface area contributed by atoms with Gasteiger partial charge in [0.2, 0.25) is 0 Å². The third-order valence-corrected chi connectivity index (χ3v) is 11.6. The predicted molar refractivity (Wildman–Crippen MR) is 182 cm³/mol. The number of likely N-dealkylation sites (N-methyl/N-ethyl adjacent to an activating group) is 1. The van der Waals surface area contributed by atoms with Gasteiger partial charge >= 0.3 is 12.0 Å². The number of nitrogen functional groups attached to an aromatic ring is 1. The Hall–Kier alpha value is -4.65. The topological polar surface area (TPSA) is 142 Å². The van der Waals surface area contributed by atoms with Crippen molar-refractivity contribution in [3.05, 3.63) is 53.1 Å². The Balaban J connectivity index is 1.26. The van der Waals surface area contributed by atoms with E-state index in [1.807, 2.05) is 24.9 Å². The highest BCUT2D eigenvalue weighted by Crippen LogP contribution is 2.47. The van der Waals surface area contributed by atoms with E-state index in [1.54, 1.807) is 11.0 Å². The maximum Gasteiger partial charge on any atom is 0.346 e. The first-order valence-electron chi connectivity index (χ1n) is 16.0. The molecule has 3 atom stereocenters. The van der Waals surface area contributed by atoms with Gasteiger partial charge in [0.1, 0.15) is 47.0 Å². The zero-order valence-electron chi connectivity index (χ0n) is 26.7. The molecule has 0 bridgehead atoms. The second-order valence-corrected chi connectivity index (χ2v) is 14.4. The maximum absolute atomic E-state index is 17.1. The molecule has 6 heterocycles. The van der Waals surface area contributed by atoms with Gasteiger partial charge in [-0.3, -0.25) is 4.90 Å². The number of ether oxygens (including phenoxy) is 1. The van der Waals surface area contributed by atoms with Crippen LogP contribution >= 0.6 is 22.9 Å². The highest BCUT2D eigenvalue weighted by atomic mass is 35.5. The largest absolute Gasteiger partial charge is 0.459 e. The molecular formula is C33H31ClF2N10O2S. The Morgan fingerprint density at radius 1 is 1.24 bits per heavy atom. The molecule has 2 N–H and O–H groups in total. The van der Waals surface area contributed by atoms with Gasteiger partial charge < -0.3 is 20.3 Å². The second kappa shape index (κ2) is 11.7. The number of thiophene rings is 1. The van der Waals surface area contributed by atoms with Crippen LogP contribution in [-0.2, 0) is 0 Å². The van der Waals surface area contributed by atoms with Crippen LogP contribution in [-0.4, -0.2) is 91.5 Å². The lowest BCUT2D eigenvalue weighted by atomic mass is 9.84. The third-order valence-electron chi connectivity index (χ3n) is 10.3. The van der Waals surface area contributed by atoms with Gasteiger partial charge in [-0.15, -0.1) is 11.3 Å². The Morgan fingerprint density at radius 3 is 2.76 bits per heavy atom. The minimum Gasteiger partial charge on any atom is -0.459 e. The van der Waals surface area contributed by atoms with E-state index < -0.39 is 17.2 Å². The van der Waals surface area contributed by atoms with E-state index in [1.165, 1.54) is 29.5 Å². The normalized spacial score (nSPS) is 21.5. The van der Waals surface area contributed by atoms with Crippen molar-refractivity contribution in [1.82, 2.24) is 34.5 Å². The Labute approximate surface area is 288 Å². The van der Waals surface area contributed by atoms with Crippen LogP contribution in [0.5, 0.6) is 6.01 Å². The lowest BCUT2D eigenvalue weighted by molar-refractivity contribution is 0.0400. The van der Waals surface area contributed by atoms with E-state index in [-0.39, 0.29) is 66.5 Å². The number of likely N-dealkylation sites (tertiary alicyclic amines) is 2. The zero-order chi connectivity index (χ0) is 34.2. The molecule has 8 rings (SSSR count). The molecule has 2 aromatic carbocycles. The number of anilines is 2. The molecule has 1 spiro atoms. The number of halogens is 3. The number of hydrogen-bond donors (Lipinski definition) is 1. The van der Waals surface area contributed by atoms with Crippen molar-refractivity contribution in [1.29, 1.82) is 5.26 Å². The van der Waals surface area contributed by atoms with E-state index in [2.05, 4.69) is 20.0 Å². The van der Waals surface area contributed by atoms with Crippen molar-refractivity contribution < 1.29 is 18.3 Å². The number of amides is 1. The third kappa shape index (κ3) is 4.95. The quantitative estimate of drug-likeness (QED) is 0.243. The van der Waals surface area contributed by atoms with Gasteiger partial charge in [-0.25, -0.2) is 18.6 Å². The standard InChI is InChI=1S/C33H31ClF2N10O2S/c1-17(23-4-3-9-43(23)2)48-31-41-27-19(30(42-31)44-10-7-33(14-44)8-11-45(33)32(47)46-16-39-15-40-46)12-21(34)25(26(27)36)18-5-6-22(35)28-24(18)20(13-37)29(38)49-28/h5-6,12,15-17,23H,3-4,7-11,14,38H2,1-2H3/t17-,23-,33+/m0/s1. The first-order chi connectivity index (χ1) is 23.6. The van der Waals surface area contributed by atoms with E-state index in [9.17, 15) is 14.4 Å². The summed E-state index contributed by atoms with van der Waals surface area (Å²) >= 11 is 7.81. The number of nitrogens with zero attached hydrogens (tertiary/aromatic N) is 9. The summed E-state index contributed by atoms with van der Waals surface area (Å²) in [4.78, 5) is 32.7.